The van der Waals surface area contributed by atoms with Crippen LogP contribution in [-0.2, 0) is 0 Å². The zero-order valence-corrected chi connectivity index (χ0v) is 13.6. The highest BCUT2D eigenvalue weighted by Gasteiger charge is 2.23. The predicted octanol–water partition coefficient (Wildman–Crippen LogP) is 2.56. The Morgan fingerprint density at radius 2 is 2.33 bits per heavy atom. The monoisotopic (exact) mass is 332 g/mol. The summed E-state index contributed by atoms with van der Waals surface area (Å²) in [6.45, 7) is 3.13. The highest BCUT2D eigenvalue weighted by atomic mass is 19.1. The highest BCUT2D eigenvalue weighted by molar-refractivity contribution is 5.89. The maximum absolute atomic E-state index is 14.3. The van der Waals surface area contributed by atoms with Crippen LogP contribution in [0.1, 0.15) is 18.4 Å². The van der Waals surface area contributed by atoms with Gasteiger partial charge in [0.2, 0.25) is 0 Å². The van der Waals surface area contributed by atoms with Gasteiger partial charge in [-0.05, 0) is 49.4 Å². The van der Waals surface area contributed by atoms with Crippen molar-refractivity contribution in [2.24, 2.45) is 5.92 Å². The van der Waals surface area contributed by atoms with E-state index in [2.05, 4.69) is 10.4 Å². The number of aliphatic hydroxyl groups excluding tert-OH is 1. The van der Waals surface area contributed by atoms with Crippen LogP contribution in [0.2, 0.25) is 0 Å². The van der Waals surface area contributed by atoms with Crippen LogP contribution in [0.25, 0.3) is 5.69 Å². The van der Waals surface area contributed by atoms with Crippen molar-refractivity contribution in [3.8, 4) is 5.69 Å². The Morgan fingerprint density at radius 3 is 3.00 bits per heavy atom. The Balaban J connectivity index is 1.69. The number of benzene rings is 1. The summed E-state index contributed by atoms with van der Waals surface area (Å²) in [6, 6.07) is 4.26. The molecule has 1 unspecified atom stereocenters. The molecule has 0 saturated carbocycles. The first-order valence-corrected chi connectivity index (χ1v) is 8.05. The Bertz CT molecular complexity index is 731. The van der Waals surface area contributed by atoms with Crippen LogP contribution >= 0.6 is 0 Å². The van der Waals surface area contributed by atoms with Gasteiger partial charge in [0.15, 0.2) is 5.82 Å². The van der Waals surface area contributed by atoms with E-state index in [1.165, 1.54) is 10.7 Å². The van der Waals surface area contributed by atoms with Crippen LogP contribution in [-0.4, -0.2) is 45.5 Å². The third-order valence-corrected chi connectivity index (χ3v) is 4.22. The fourth-order valence-electron chi connectivity index (χ4n) is 2.92. The van der Waals surface area contributed by atoms with E-state index in [4.69, 9.17) is 0 Å². The summed E-state index contributed by atoms with van der Waals surface area (Å²) in [5.41, 5.74) is 1.67. The first kappa shape index (κ1) is 16.4. The summed E-state index contributed by atoms with van der Waals surface area (Å²) in [5, 5.41) is 16.0. The molecule has 7 heteroatoms. The molecule has 1 aliphatic heterocycles. The van der Waals surface area contributed by atoms with Gasteiger partial charge in [-0.25, -0.2) is 13.9 Å². The van der Waals surface area contributed by atoms with E-state index in [1.54, 1.807) is 29.4 Å². The summed E-state index contributed by atoms with van der Waals surface area (Å²) in [6.07, 6.45) is 5.18. The zero-order chi connectivity index (χ0) is 17.1. The number of nitrogens with one attached hydrogen (secondary N) is 1. The lowest BCUT2D eigenvalue weighted by Gasteiger charge is -2.31. The number of urea groups is 1. The number of amides is 2. The lowest BCUT2D eigenvalue weighted by Crippen LogP contribution is -2.43. The smallest absolute Gasteiger partial charge is 0.321 e. The molecule has 128 valence electrons. The van der Waals surface area contributed by atoms with Crippen LogP contribution in [0.5, 0.6) is 0 Å². The van der Waals surface area contributed by atoms with Crippen LogP contribution in [0, 0.1) is 18.7 Å². The minimum Gasteiger partial charge on any atom is -0.396 e. The van der Waals surface area contributed by atoms with E-state index < -0.39 is 5.82 Å². The Kier molecular flexibility index (Phi) is 4.80. The molecule has 1 aromatic carbocycles. The molecule has 3 rings (SSSR count). The summed E-state index contributed by atoms with van der Waals surface area (Å²) in [4.78, 5) is 14.0. The quantitative estimate of drug-likeness (QED) is 0.907. The normalized spacial score (nSPS) is 17.8. The largest absolute Gasteiger partial charge is 0.396 e. The number of aliphatic hydroxyl groups is 1. The molecule has 2 heterocycles. The lowest BCUT2D eigenvalue weighted by atomic mass is 9.99. The fraction of sp³-hybridized carbons (Fsp3) is 0.412. The molecule has 1 aliphatic rings. The average molecular weight is 332 g/mol. The molecule has 6 nitrogen and oxygen atoms in total. The number of halogens is 1. The first-order chi connectivity index (χ1) is 11.6. The third-order valence-electron chi connectivity index (χ3n) is 4.22. The molecular formula is C17H21FN4O2. The van der Waals surface area contributed by atoms with E-state index in [1.807, 2.05) is 6.92 Å². The molecule has 2 amide bonds. The topological polar surface area (TPSA) is 70.4 Å². The van der Waals surface area contributed by atoms with Gasteiger partial charge in [-0.3, -0.25) is 0 Å². The summed E-state index contributed by atoms with van der Waals surface area (Å²) >= 11 is 0. The number of carbonyl (C=O) groups excluding carboxylic acids is 1. The Hall–Kier alpha value is -2.41. The van der Waals surface area contributed by atoms with E-state index >= 15 is 0 Å². The number of hydrogen-bond donors (Lipinski definition) is 2. The van der Waals surface area contributed by atoms with Gasteiger partial charge in [-0.2, -0.15) is 5.10 Å². The number of aryl methyl sites for hydroxylation is 1. The van der Waals surface area contributed by atoms with Crippen molar-refractivity contribution in [1.29, 1.82) is 0 Å². The minimum absolute atomic E-state index is 0.0798. The van der Waals surface area contributed by atoms with Crippen molar-refractivity contribution in [3.05, 3.63) is 42.0 Å². The second-order valence-corrected chi connectivity index (χ2v) is 6.20. The van der Waals surface area contributed by atoms with Gasteiger partial charge in [0, 0.05) is 31.6 Å². The molecule has 1 fully saturated rings. The summed E-state index contributed by atoms with van der Waals surface area (Å²) in [7, 11) is 0. The fourth-order valence-corrected chi connectivity index (χ4v) is 2.92. The van der Waals surface area contributed by atoms with Gasteiger partial charge < -0.3 is 15.3 Å². The summed E-state index contributed by atoms with van der Waals surface area (Å²) < 4.78 is 15.8. The number of aromatic nitrogens is 2. The Labute approximate surface area is 139 Å². The molecule has 1 aromatic heterocycles. The van der Waals surface area contributed by atoms with Crippen molar-refractivity contribution in [1.82, 2.24) is 14.7 Å². The molecule has 0 radical (unpaired) electrons. The second-order valence-electron chi connectivity index (χ2n) is 6.20. The van der Waals surface area contributed by atoms with Gasteiger partial charge in [0.05, 0.1) is 6.20 Å². The van der Waals surface area contributed by atoms with Crippen LogP contribution < -0.4 is 5.32 Å². The Morgan fingerprint density at radius 1 is 1.50 bits per heavy atom. The number of carbonyl (C=O) groups is 1. The van der Waals surface area contributed by atoms with E-state index in [0.29, 0.717) is 24.5 Å². The molecule has 0 aliphatic carbocycles. The van der Waals surface area contributed by atoms with Crippen LogP contribution in [0.15, 0.2) is 30.6 Å². The van der Waals surface area contributed by atoms with Crippen molar-refractivity contribution in [3.63, 3.8) is 0 Å². The van der Waals surface area contributed by atoms with E-state index in [0.717, 1.165) is 18.4 Å². The van der Waals surface area contributed by atoms with Crippen molar-refractivity contribution < 1.29 is 14.3 Å². The molecule has 2 N–H and O–H groups in total. The van der Waals surface area contributed by atoms with Gasteiger partial charge in [0.25, 0.3) is 0 Å². The number of anilines is 1. The number of rotatable bonds is 3. The molecular weight excluding hydrogens is 311 g/mol. The second kappa shape index (κ2) is 7.00. The van der Waals surface area contributed by atoms with Gasteiger partial charge in [0.1, 0.15) is 5.69 Å². The summed E-state index contributed by atoms with van der Waals surface area (Å²) in [5.74, 6) is -0.338. The van der Waals surface area contributed by atoms with Crippen molar-refractivity contribution in [2.75, 3.05) is 25.0 Å². The van der Waals surface area contributed by atoms with Gasteiger partial charge >= 0.3 is 6.03 Å². The number of nitrogens with zero attached hydrogens (tertiary/aromatic N) is 3. The van der Waals surface area contributed by atoms with Crippen LogP contribution in [0.3, 0.4) is 0 Å². The van der Waals surface area contributed by atoms with E-state index in [9.17, 15) is 14.3 Å². The SMILES string of the molecule is Cc1cnn(-c2ccc(NC(=O)N3CCCC(CO)C3)cc2F)c1. The number of piperidine rings is 1. The van der Waals surface area contributed by atoms with Crippen molar-refractivity contribution >= 4 is 11.7 Å². The maximum atomic E-state index is 14.3. The molecule has 0 spiro atoms. The standard InChI is InChI=1S/C17H21FN4O2/c1-12-8-19-22(9-12)16-5-4-14(7-15(16)18)20-17(24)21-6-2-3-13(10-21)11-23/h4-5,7-9,13,23H,2-3,6,10-11H2,1H3,(H,20,24). The maximum Gasteiger partial charge on any atom is 0.321 e. The molecule has 1 saturated heterocycles. The van der Waals surface area contributed by atoms with Crippen LogP contribution in [0.4, 0.5) is 14.9 Å². The lowest BCUT2D eigenvalue weighted by molar-refractivity contribution is 0.136. The number of hydrogen-bond acceptors (Lipinski definition) is 3. The highest BCUT2D eigenvalue weighted by Crippen LogP contribution is 2.20. The van der Waals surface area contributed by atoms with Gasteiger partial charge in [-0.15, -0.1) is 0 Å². The number of likely N-dealkylation sites (tertiary alicyclic amines) is 1. The predicted molar refractivity (Wildman–Crippen MR) is 88.7 cm³/mol. The molecule has 2 aromatic rings. The third kappa shape index (κ3) is 3.56. The average Bonchev–Trinajstić information content (AvgIpc) is 3.01. The molecule has 24 heavy (non-hydrogen) atoms. The first-order valence-electron chi connectivity index (χ1n) is 8.05. The molecule has 0 bridgehead atoms. The molecule has 1 atom stereocenters. The minimum atomic E-state index is -0.456. The van der Waals surface area contributed by atoms with E-state index in [-0.39, 0.29) is 18.6 Å². The van der Waals surface area contributed by atoms with Crippen molar-refractivity contribution in [2.45, 2.75) is 19.8 Å². The van der Waals surface area contributed by atoms with Gasteiger partial charge in [-0.1, -0.05) is 0 Å². The zero-order valence-electron chi connectivity index (χ0n) is 13.6.